The lowest BCUT2D eigenvalue weighted by Crippen LogP contribution is -2.61. The van der Waals surface area contributed by atoms with Gasteiger partial charge in [-0.3, -0.25) is 9.59 Å². The highest BCUT2D eigenvalue weighted by Gasteiger charge is 2.62. The lowest BCUT2D eigenvalue weighted by atomic mass is 9.47. The van der Waals surface area contributed by atoms with Crippen LogP contribution in [0.15, 0.2) is 29.2 Å². The van der Waals surface area contributed by atoms with Gasteiger partial charge in [0.25, 0.3) is 5.56 Å². The zero-order valence-corrected chi connectivity index (χ0v) is 18.8. The Balaban J connectivity index is 1.50. The van der Waals surface area contributed by atoms with E-state index in [-0.39, 0.29) is 5.02 Å². The first-order valence-corrected chi connectivity index (χ1v) is 11.2. The Hall–Kier alpha value is -2.74. The third-order valence-corrected chi connectivity index (χ3v) is 7.85. The average Bonchev–Trinajstić information content (AvgIpc) is 2.75. The first-order chi connectivity index (χ1) is 15.3. The molecule has 2 N–H and O–H groups in total. The largest absolute Gasteiger partial charge is 0.497 e. The zero-order valence-electron chi connectivity index (χ0n) is 18.1. The number of aliphatic carboxylic acids is 1. The Morgan fingerprint density at radius 3 is 2.34 bits per heavy atom. The Morgan fingerprint density at radius 1 is 1.16 bits per heavy atom. The van der Waals surface area contributed by atoms with E-state index in [0.717, 1.165) is 19.3 Å². The van der Waals surface area contributed by atoms with E-state index in [1.165, 1.54) is 4.68 Å². The quantitative estimate of drug-likeness (QED) is 0.672. The summed E-state index contributed by atoms with van der Waals surface area (Å²) in [6.45, 7) is 0. The Labute approximate surface area is 190 Å². The summed E-state index contributed by atoms with van der Waals surface area (Å²) in [5.74, 6) is 1.05. The van der Waals surface area contributed by atoms with Gasteiger partial charge in [-0.15, -0.1) is 0 Å². The van der Waals surface area contributed by atoms with E-state index in [0.29, 0.717) is 54.0 Å². The highest BCUT2D eigenvalue weighted by Crippen LogP contribution is 2.63. The second-order valence-electron chi connectivity index (χ2n) is 9.59. The number of carbonyl (C=O) groups is 1. The maximum Gasteiger partial charge on any atom is 0.309 e. The van der Waals surface area contributed by atoms with Gasteiger partial charge < -0.3 is 19.9 Å². The molecule has 6 rings (SSSR count). The number of nitrogens with one attached hydrogen (secondary N) is 1. The molecule has 32 heavy (non-hydrogen) atoms. The van der Waals surface area contributed by atoms with Crippen LogP contribution in [0.25, 0.3) is 0 Å². The molecule has 4 aliphatic carbocycles. The molecule has 1 aromatic carbocycles. The van der Waals surface area contributed by atoms with Gasteiger partial charge in [0.15, 0.2) is 0 Å². The summed E-state index contributed by atoms with van der Waals surface area (Å²) in [4.78, 5) is 25.5. The van der Waals surface area contributed by atoms with Crippen LogP contribution in [0.5, 0.6) is 11.5 Å². The van der Waals surface area contributed by atoms with Crippen LogP contribution in [-0.4, -0.2) is 35.1 Å². The molecule has 170 valence electrons. The molecule has 1 heterocycles. The van der Waals surface area contributed by atoms with Crippen molar-refractivity contribution in [3.8, 4) is 11.5 Å². The highest BCUT2D eigenvalue weighted by molar-refractivity contribution is 6.33. The van der Waals surface area contributed by atoms with E-state index in [4.69, 9.17) is 21.1 Å². The standard InChI is InChI=1S/C23H26ClN3O5/c1-31-16-4-15(5-17(6-16)32-2)26-18-11-25-27(20(28)19(18)24)23-9-13-3-14(10-23)8-22(7-13,12-23)21(29)30/h4-6,11,13-14,26H,3,7-10,12H2,1-2H3,(H,29,30)/t13-,14-,22?,23?/m1/s1. The molecule has 0 unspecified atom stereocenters. The van der Waals surface area contributed by atoms with E-state index >= 15 is 0 Å². The van der Waals surface area contributed by atoms with Gasteiger partial charge in [0, 0.05) is 23.9 Å². The molecule has 9 heteroatoms. The molecule has 1 aromatic heterocycles. The lowest BCUT2D eigenvalue weighted by molar-refractivity contribution is -0.173. The first-order valence-electron chi connectivity index (χ1n) is 10.8. The van der Waals surface area contributed by atoms with Gasteiger partial charge in [-0.25, -0.2) is 4.68 Å². The third-order valence-electron chi connectivity index (χ3n) is 7.48. The van der Waals surface area contributed by atoms with Crippen LogP contribution in [0.4, 0.5) is 11.4 Å². The minimum atomic E-state index is -0.758. The van der Waals surface area contributed by atoms with E-state index in [1.807, 2.05) is 0 Å². The zero-order chi connectivity index (χ0) is 22.7. The van der Waals surface area contributed by atoms with Crippen LogP contribution in [0.2, 0.25) is 5.02 Å². The fourth-order valence-electron chi connectivity index (χ4n) is 6.61. The van der Waals surface area contributed by atoms with Gasteiger partial charge in [-0.1, -0.05) is 11.6 Å². The average molecular weight is 460 g/mol. The molecule has 0 radical (unpaired) electrons. The number of anilines is 2. The van der Waals surface area contributed by atoms with E-state index in [9.17, 15) is 14.7 Å². The molecular weight excluding hydrogens is 434 g/mol. The predicted molar refractivity (Wildman–Crippen MR) is 119 cm³/mol. The normalized spacial score (nSPS) is 30.2. The van der Waals surface area contributed by atoms with Crippen LogP contribution in [-0.2, 0) is 10.3 Å². The molecule has 0 saturated heterocycles. The van der Waals surface area contributed by atoms with Crippen LogP contribution in [0.1, 0.15) is 38.5 Å². The minimum absolute atomic E-state index is 0.0295. The first kappa shape index (κ1) is 21.1. The molecule has 4 aliphatic rings. The number of methoxy groups -OCH3 is 2. The Morgan fingerprint density at radius 2 is 1.78 bits per heavy atom. The van der Waals surface area contributed by atoms with Gasteiger partial charge in [0.1, 0.15) is 16.5 Å². The number of halogens is 1. The molecule has 0 amide bonds. The second kappa shape index (κ2) is 7.40. The van der Waals surface area contributed by atoms with Crippen LogP contribution < -0.4 is 20.3 Å². The number of nitrogens with zero attached hydrogens (tertiary/aromatic N) is 2. The Bertz CT molecular complexity index is 1110. The maximum absolute atomic E-state index is 13.3. The highest BCUT2D eigenvalue weighted by atomic mass is 35.5. The van der Waals surface area contributed by atoms with E-state index in [1.54, 1.807) is 38.6 Å². The molecule has 0 spiro atoms. The topological polar surface area (TPSA) is 103 Å². The lowest BCUT2D eigenvalue weighted by Gasteiger charge is -2.60. The predicted octanol–water partition coefficient (Wildman–Crippen LogP) is 4.04. The number of rotatable bonds is 6. The van der Waals surface area contributed by atoms with Crippen molar-refractivity contribution in [1.29, 1.82) is 0 Å². The summed E-state index contributed by atoms with van der Waals surface area (Å²) >= 11 is 6.52. The van der Waals surface area contributed by atoms with Crippen molar-refractivity contribution in [2.75, 3.05) is 19.5 Å². The number of benzene rings is 1. The maximum atomic E-state index is 13.3. The third kappa shape index (κ3) is 3.23. The van der Waals surface area contributed by atoms with Gasteiger partial charge in [0.2, 0.25) is 0 Å². The number of ether oxygens (including phenoxy) is 2. The number of hydrogen-bond acceptors (Lipinski definition) is 6. The fraction of sp³-hybridized carbons (Fsp3) is 0.522. The van der Waals surface area contributed by atoms with Crippen LogP contribution in [0.3, 0.4) is 0 Å². The van der Waals surface area contributed by atoms with Crippen molar-refractivity contribution in [1.82, 2.24) is 9.78 Å². The molecule has 4 bridgehead atoms. The van der Waals surface area contributed by atoms with Crippen LogP contribution in [0, 0.1) is 17.3 Å². The smallest absolute Gasteiger partial charge is 0.309 e. The van der Waals surface area contributed by atoms with Gasteiger partial charge in [-0.05, 0) is 50.4 Å². The van der Waals surface area contributed by atoms with Crippen molar-refractivity contribution in [2.24, 2.45) is 17.3 Å². The van der Waals surface area contributed by atoms with E-state index < -0.39 is 22.5 Å². The van der Waals surface area contributed by atoms with Gasteiger partial charge >= 0.3 is 5.97 Å². The molecule has 4 fully saturated rings. The molecule has 0 aliphatic heterocycles. The number of carboxylic acids is 1. The van der Waals surface area contributed by atoms with Gasteiger partial charge in [-0.2, -0.15) is 5.10 Å². The summed E-state index contributed by atoms with van der Waals surface area (Å²) in [6.07, 6.45) is 5.97. The second-order valence-corrected chi connectivity index (χ2v) is 9.96. The minimum Gasteiger partial charge on any atom is -0.497 e. The summed E-state index contributed by atoms with van der Waals surface area (Å²) in [5.41, 5.74) is -0.719. The van der Waals surface area contributed by atoms with Crippen molar-refractivity contribution in [2.45, 2.75) is 44.1 Å². The molecular formula is C23H26ClN3O5. The summed E-state index contributed by atoms with van der Waals surface area (Å²) in [5, 5.41) is 17.7. The molecule has 2 aromatic rings. The van der Waals surface area contributed by atoms with E-state index in [2.05, 4.69) is 10.4 Å². The van der Waals surface area contributed by atoms with Crippen molar-refractivity contribution in [3.05, 3.63) is 39.8 Å². The number of carboxylic acid groups (broad SMARTS) is 1. The van der Waals surface area contributed by atoms with Crippen molar-refractivity contribution in [3.63, 3.8) is 0 Å². The van der Waals surface area contributed by atoms with Crippen LogP contribution >= 0.6 is 11.6 Å². The number of hydrogen-bond donors (Lipinski definition) is 2. The molecule has 8 nitrogen and oxygen atoms in total. The van der Waals surface area contributed by atoms with Crippen molar-refractivity contribution >= 4 is 28.9 Å². The molecule has 4 saturated carbocycles. The fourth-order valence-corrected chi connectivity index (χ4v) is 6.78. The summed E-state index contributed by atoms with van der Waals surface area (Å²) < 4.78 is 12.1. The monoisotopic (exact) mass is 459 g/mol. The summed E-state index contributed by atoms with van der Waals surface area (Å²) in [7, 11) is 3.12. The van der Waals surface area contributed by atoms with Crippen molar-refractivity contribution < 1.29 is 19.4 Å². The molecule has 2 atom stereocenters. The van der Waals surface area contributed by atoms with Gasteiger partial charge in [0.05, 0.1) is 37.1 Å². The number of aromatic nitrogens is 2. The SMILES string of the molecule is COc1cc(Nc2cnn(C34C[C@@H]5C[C@H](CC(C(=O)O)(C5)C3)C4)c(=O)c2Cl)cc(OC)c1. The Kier molecular flexibility index (Phi) is 4.89. The summed E-state index contributed by atoms with van der Waals surface area (Å²) in [6, 6.07) is 5.27.